The molecule has 1 aliphatic heterocycles. The number of carbonyl (C=O) groups excluding carboxylic acids is 2. The van der Waals surface area contributed by atoms with Crippen molar-refractivity contribution >= 4 is 17.5 Å². The van der Waals surface area contributed by atoms with Crippen LogP contribution in [0.25, 0.3) is 0 Å². The normalized spacial score (nSPS) is 13.8. The molecule has 0 unspecified atom stereocenters. The highest BCUT2D eigenvalue weighted by molar-refractivity contribution is 6.09. The van der Waals surface area contributed by atoms with Crippen LogP contribution in [0.1, 0.15) is 39.1 Å². The van der Waals surface area contributed by atoms with Gasteiger partial charge >= 0.3 is 0 Å². The smallest absolute Gasteiger partial charge is 0.258 e. The molecule has 1 aliphatic rings. The molecular formula is C19H19FN2O2. The average molecular weight is 326 g/mol. The third-order valence-corrected chi connectivity index (χ3v) is 4.25. The molecule has 2 amide bonds. The van der Waals surface area contributed by atoms with Gasteiger partial charge in [-0.25, -0.2) is 4.39 Å². The standard InChI is InChI=1S/C19H19FN2O2/c1-13-7-6-9-15(19(24)22-11-4-5-12-22)17(13)21-18(23)14-8-2-3-10-16(14)20/h2-3,6-10H,4-5,11-12H2,1H3,(H,21,23). The van der Waals surface area contributed by atoms with Gasteiger partial charge in [0.15, 0.2) is 0 Å². The van der Waals surface area contributed by atoms with Crippen LogP contribution in [0.2, 0.25) is 0 Å². The number of carbonyl (C=O) groups is 2. The first-order valence-corrected chi connectivity index (χ1v) is 8.02. The molecule has 3 rings (SSSR count). The van der Waals surface area contributed by atoms with E-state index in [0.717, 1.165) is 31.5 Å². The van der Waals surface area contributed by atoms with Crippen molar-refractivity contribution in [3.05, 3.63) is 65.0 Å². The molecule has 1 saturated heterocycles. The highest BCUT2D eigenvalue weighted by atomic mass is 19.1. The van der Waals surface area contributed by atoms with Gasteiger partial charge in [-0.05, 0) is 43.5 Å². The Morgan fingerprint density at radius 1 is 1.00 bits per heavy atom. The van der Waals surface area contributed by atoms with E-state index in [1.54, 1.807) is 23.1 Å². The van der Waals surface area contributed by atoms with Crippen molar-refractivity contribution in [2.75, 3.05) is 18.4 Å². The minimum absolute atomic E-state index is 0.0414. The lowest BCUT2D eigenvalue weighted by molar-refractivity contribution is 0.0794. The molecule has 0 aromatic heterocycles. The number of likely N-dealkylation sites (tertiary alicyclic amines) is 1. The van der Waals surface area contributed by atoms with Gasteiger partial charge in [0.05, 0.1) is 16.8 Å². The van der Waals surface area contributed by atoms with E-state index < -0.39 is 11.7 Å². The maximum Gasteiger partial charge on any atom is 0.258 e. The Morgan fingerprint density at radius 3 is 2.38 bits per heavy atom. The molecule has 4 nitrogen and oxygen atoms in total. The largest absolute Gasteiger partial charge is 0.339 e. The number of para-hydroxylation sites is 1. The van der Waals surface area contributed by atoms with Gasteiger partial charge in [-0.3, -0.25) is 9.59 Å². The third-order valence-electron chi connectivity index (χ3n) is 4.25. The van der Waals surface area contributed by atoms with Gasteiger partial charge in [-0.15, -0.1) is 0 Å². The Balaban J connectivity index is 1.91. The molecule has 2 aromatic carbocycles. The number of hydrogen-bond acceptors (Lipinski definition) is 2. The first-order valence-electron chi connectivity index (χ1n) is 8.02. The van der Waals surface area contributed by atoms with Crippen molar-refractivity contribution in [1.29, 1.82) is 0 Å². The van der Waals surface area contributed by atoms with Crippen molar-refractivity contribution < 1.29 is 14.0 Å². The van der Waals surface area contributed by atoms with E-state index in [1.165, 1.54) is 18.2 Å². The van der Waals surface area contributed by atoms with Crippen molar-refractivity contribution in [2.24, 2.45) is 0 Å². The maximum atomic E-state index is 13.8. The monoisotopic (exact) mass is 326 g/mol. The fourth-order valence-electron chi connectivity index (χ4n) is 2.93. The Hall–Kier alpha value is -2.69. The van der Waals surface area contributed by atoms with E-state index in [4.69, 9.17) is 0 Å². The molecule has 2 aromatic rings. The number of amides is 2. The molecule has 1 fully saturated rings. The van der Waals surface area contributed by atoms with E-state index >= 15 is 0 Å². The SMILES string of the molecule is Cc1cccc(C(=O)N2CCCC2)c1NC(=O)c1ccccc1F. The molecule has 0 aliphatic carbocycles. The second kappa shape index (κ2) is 6.83. The van der Waals surface area contributed by atoms with Gasteiger partial charge in [0.2, 0.25) is 0 Å². The van der Waals surface area contributed by atoms with Crippen LogP contribution in [0.3, 0.4) is 0 Å². The van der Waals surface area contributed by atoms with Gasteiger partial charge in [0, 0.05) is 13.1 Å². The quantitative estimate of drug-likeness (QED) is 0.936. The summed E-state index contributed by atoms with van der Waals surface area (Å²) in [6.07, 6.45) is 1.99. The Bertz CT molecular complexity index is 783. The van der Waals surface area contributed by atoms with Crippen LogP contribution in [0.5, 0.6) is 0 Å². The molecule has 124 valence electrons. The predicted octanol–water partition coefficient (Wildman–Crippen LogP) is 3.62. The minimum Gasteiger partial charge on any atom is -0.339 e. The minimum atomic E-state index is -0.587. The fourth-order valence-corrected chi connectivity index (χ4v) is 2.93. The molecule has 0 radical (unpaired) electrons. The molecule has 0 saturated carbocycles. The molecule has 0 spiro atoms. The van der Waals surface area contributed by atoms with E-state index in [2.05, 4.69) is 5.32 Å². The lowest BCUT2D eigenvalue weighted by Gasteiger charge is -2.19. The lowest BCUT2D eigenvalue weighted by Crippen LogP contribution is -2.29. The number of hydrogen-bond donors (Lipinski definition) is 1. The molecule has 0 bridgehead atoms. The summed E-state index contributed by atoms with van der Waals surface area (Å²) in [5, 5.41) is 2.71. The number of nitrogens with zero attached hydrogens (tertiary/aromatic N) is 1. The summed E-state index contributed by atoms with van der Waals surface area (Å²) in [6.45, 7) is 3.28. The number of halogens is 1. The van der Waals surface area contributed by atoms with E-state index in [9.17, 15) is 14.0 Å². The molecule has 1 N–H and O–H groups in total. The second-order valence-electron chi connectivity index (χ2n) is 5.93. The van der Waals surface area contributed by atoms with Gasteiger partial charge in [0.1, 0.15) is 5.82 Å². The zero-order chi connectivity index (χ0) is 17.1. The van der Waals surface area contributed by atoms with Crippen LogP contribution in [-0.2, 0) is 0 Å². The van der Waals surface area contributed by atoms with Crippen LogP contribution < -0.4 is 5.32 Å². The summed E-state index contributed by atoms with van der Waals surface area (Å²) in [6, 6.07) is 11.1. The Labute approximate surface area is 140 Å². The highest BCUT2D eigenvalue weighted by Crippen LogP contribution is 2.25. The van der Waals surface area contributed by atoms with Gasteiger partial charge < -0.3 is 10.2 Å². The van der Waals surface area contributed by atoms with Crippen molar-refractivity contribution in [3.8, 4) is 0 Å². The molecule has 0 atom stereocenters. The Kier molecular flexibility index (Phi) is 4.60. The van der Waals surface area contributed by atoms with E-state index in [0.29, 0.717) is 11.3 Å². The van der Waals surface area contributed by atoms with Gasteiger partial charge in [-0.2, -0.15) is 0 Å². The summed E-state index contributed by atoms with van der Waals surface area (Å²) >= 11 is 0. The van der Waals surface area contributed by atoms with Crippen LogP contribution >= 0.6 is 0 Å². The summed E-state index contributed by atoms with van der Waals surface area (Å²) in [7, 11) is 0. The summed E-state index contributed by atoms with van der Waals surface area (Å²) in [5.41, 5.74) is 1.62. The summed E-state index contributed by atoms with van der Waals surface area (Å²) < 4.78 is 13.8. The number of aryl methyl sites for hydroxylation is 1. The van der Waals surface area contributed by atoms with Gasteiger partial charge in [0.25, 0.3) is 11.8 Å². The third kappa shape index (κ3) is 3.15. The molecular weight excluding hydrogens is 307 g/mol. The molecule has 24 heavy (non-hydrogen) atoms. The summed E-state index contributed by atoms with van der Waals surface area (Å²) in [5.74, 6) is -1.24. The van der Waals surface area contributed by atoms with E-state index in [1.807, 2.05) is 13.0 Å². The number of benzene rings is 2. The predicted molar refractivity (Wildman–Crippen MR) is 90.7 cm³/mol. The Morgan fingerprint density at radius 2 is 1.67 bits per heavy atom. The zero-order valence-electron chi connectivity index (χ0n) is 13.5. The lowest BCUT2D eigenvalue weighted by atomic mass is 10.1. The van der Waals surface area contributed by atoms with Crippen LogP contribution in [0.4, 0.5) is 10.1 Å². The first kappa shape index (κ1) is 16.2. The van der Waals surface area contributed by atoms with Crippen LogP contribution in [0.15, 0.2) is 42.5 Å². The number of anilines is 1. The second-order valence-corrected chi connectivity index (χ2v) is 5.93. The maximum absolute atomic E-state index is 13.8. The van der Waals surface area contributed by atoms with Crippen molar-refractivity contribution in [2.45, 2.75) is 19.8 Å². The average Bonchev–Trinajstić information content (AvgIpc) is 3.11. The number of nitrogens with one attached hydrogen (secondary N) is 1. The van der Waals surface area contributed by atoms with E-state index in [-0.39, 0.29) is 11.5 Å². The fraction of sp³-hybridized carbons (Fsp3) is 0.263. The van der Waals surface area contributed by atoms with Crippen molar-refractivity contribution in [3.63, 3.8) is 0 Å². The first-order chi connectivity index (χ1) is 11.6. The van der Waals surface area contributed by atoms with Gasteiger partial charge in [-0.1, -0.05) is 24.3 Å². The highest BCUT2D eigenvalue weighted by Gasteiger charge is 2.24. The van der Waals surface area contributed by atoms with Crippen LogP contribution in [-0.4, -0.2) is 29.8 Å². The topological polar surface area (TPSA) is 49.4 Å². The molecule has 5 heteroatoms. The van der Waals surface area contributed by atoms with Crippen LogP contribution in [0, 0.1) is 12.7 Å². The zero-order valence-corrected chi connectivity index (χ0v) is 13.5. The number of rotatable bonds is 3. The molecule has 1 heterocycles. The van der Waals surface area contributed by atoms with Crippen molar-refractivity contribution in [1.82, 2.24) is 4.90 Å². The summed E-state index contributed by atoms with van der Waals surface area (Å²) in [4.78, 5) is 26.9.